The Kier molecular flexibility index (Phi) is 3.99. The van der Waals surface area contributed by atoms with Gasteiger partial charge in [0.05, 0.1) is 36.0 Å². The maximum atomic E-state index is 13.6. The average Bonchev–Trinajstić information content (AvgIpc) is 3.42. The molecule has 0 N–H and O–H groups in total. The van der Waals surface area contributed by atoms with E-state index in [4.69, 9.17) is 9.47 Å². The summed E-state index contributed by atoms with van der Waals surface area (Å²) in [5, 5.41) is 8.21. The van der Waals surface area contributed by atoms with E-state index in [0.29, 0.717) is 30.2 Å². The SMILES string of the molecule is COCc1cn(-c2ncn3c2c(=O)n(C2CCOC2C)c2ccccc23)nn1. The van der Waals surface area contributed by atoms with Crippen LogP contribution in [0.5, 0.6) is 0 Å². The third kappa shape index (κ3) is 2.47. The molecule has 2 atom stereocenters. The summed E-state index contributed by atoms with van der Waals surface area (Å²) in [7, 11) is 1.60. The minimum absolute atomic E-state index is 0.0232. The van der Waals surface area contributed by atoms with Gasteiger partial charge in [-0.2, -0.15) is 4.68 Å². The smallest absolute Gasteiger partial charge is 0.279 e. The van der Waals surface area contributed by atoms with Gasteiger partial charge in [0.2, 0.25) is 0 Å². The Labute approximate surface area is 160 Å². The molecule has 1 aromatic carbocycles. The molecule has 4 aromatic rings. The number of hydrogen-bond acceptors (Lipinski definition) is 6. The van der Waals surface area contributed by atoms with Crippen molar-refractivity contribution in [3.8, 4) is 5.82 Å². The van der Waals surface area contributed by atoms with E-state index in [1.807, 2.05) is 40.2 Å². The van der Waals surface area contributed by atoms with Gasteiger partial charge in [0, 0.05) is 13.7 Å². The number of nitrogens with zero attached hydrogens (tertiary/aromatic N) is 6. The van der Waals surface area contributed by atoms with E-state index in [0.717, 1.165) is 17.5 Å². The molecule has 0 spiro atoms. The molecule has 1 aliphatic heterocycles. The predicted octanol–water partition coefficient (Wildman–Crippen LogP) is 1.73. The Morgan fingerprint density at radius 3 is 2.86 bits per heavy atom. The van der Waals surface area contributed by atoms with Crippen molar-refractivity contribution in [1.29, 1.82) is 0 Å². The fourth-order valence-corrected chi connectivity index (χ4v) is 3.99. The van der Waals surface area contributed by atoms with Gasteiger partial charge in [-0.25, -0.2) is 4.98 Å². The second-order valence-corrected chi connectivity index (χ2v) is 6.97. The van der Waals surface area contributed by atoms with E-state index in [-0.39, 0.29) is 17.7 Å². The highest BCUT2D eigenvalue weighted by atomic mass is 16.5. The van der Waals surface area contributed by atoms with Crippen molar-refractivity contribution < 1.29 is 9.47 Å². The molecule has 0 amide bonds. The average molecular weight is 380 g/mol. The van der Waals surface area contributed by atoms with Crippen LogP contribution in [0.4, 0.5) is 0 Å². The first-order valence-electron chi connectivity index (χ1n) is 9.21. The van der Waals surface area contributed by atoms with Gasteiger partial charge in [0.1, 0.15) is 12.0 Å². The summed E-state index contributed by atoms with van der Waals surface area (Å²) in [5.41, 5.74) is 2.80. The monoisotopic (exact) mass is 380 g/mol. The lowest BCUT2D eigenvalue weighted by atomic mass is 10.1. The molecular weight excluding hydrogens is 360 g/mol. The molecule has 1 aliphatic rings. The van der Waals surface area contributed by atoms with Gasteiger partial charge < -0.3 is 9.47 Å². The molecule has 3 aromatic heterocycles. The van der Waals surface area contributed by atoms with Crippen molar-refractivity contribution in [2.75, 3.05) is 13.7 Å². The molecule has 1 fully saturated rings. The fourth-order valence-electron chi connectivity index (χ4n) is 3.99. The quantitative estimate of drug-likeness (QED) is 0.536. The number of para-hydroxylation sites is 2. The molecule has 0 aliphatic carbocycles. The zero-order valence-corrected chi connectivity index (χ0v) is 15.6. The molecule has 9 heteroatoms. The largest absolute Gasteiger partial charge is 0.378 e. The van der Waals surface area contributed by atoms with Gasteiger partial charge in [-0.3, -0.25) is 13.8 Å². The van der Waals surface area contributed by atoms with Crippen LogP contribution < -0.4 is 5.56 Å². The Morgan fingerprint density at radius 1 is 1.29 bits per heavy atom. The van der Waals surface area contributed by atoms with E-state index < -0.39 is 0 Å². The topological polar surface area (TPSA) is 88.5 Å². The van der Waals surface area contributed by atoms with Crippen molar-refractivity contribution >= 4 is 16.6 Å². The van der Waals surface area contributed by atoms with Crippen LogP contribution in [0, 0.1) is 0 Å². The number of ether oxygens (including phenoxy) is 2. The number of hydrogen-bond donors (Lipinski definition) is 0. The highest BCUT2D eigenvalue weighted by molar-refractivity contribution is 5.81. The Balaban J connectivity index is 1.81. The molecule has 2 unspecified atom stereocenters. The normalized spacial score (nSPS) is 19.8. The zero-order chi connectivity index (χ0) is 19.3. The summed E-state index contributed by atoms with van der Waals surface area (Å²) in [5.74, 6) is 0.450. The summed E-state index contributed by atoms with van der Waals surface area (Å²) >= 11 is 0. The number of benzene rings is 1. The first-order chi connectivity index (χ1) is 13.7. The number of fused-ring (bicyclic) bond motifs is 3. The van der Waals surface area contributed by atoms with Crippen LogP contribution >= 0.6 is 0 Å². The van der Waals surface area contributed by atoms with E-state index in [2.05, 4.69) is 15.3 Å². The molecule has 9 nitrogen and oxygen atoms in total. The molecule has 0 radical (unpaired) electrons. The minimum atomic E-state index is -0.114. The Morgan fingerprint density at radius 2 is 2.11 bits per heavy atom. The number of imidazole rings is 1. The van der Waals surface area contributed by atoms with Crippen molar-refractivity contribution in [3.63, 3.8) is 0 Å². The van der Waals surface area contributed by atoms with Crippen LogP contribution in [0.25, 0.3) is 22.4 Å². The third-order valence-corrected chi connectivity index (χ3v) is 5.29. The first-order valence-corrected chi connectivity index (χ1v) is 9.21. The zero-order valence-electron chi connectivity index (χ0n) is 15.6. The summed E-state index contributed by atoms with van der Waals surface area (Å²) < 4.78 is 16.0. The predicted molar refractivity (Wildman–Crippen MR) is 102 cm³/mol. The molecule has 5 rings (SSSR count). The maximum Gasteiger partial charge on any atom is 0.279 e. The van der Waals surface area contributed by atoms with Gasteiger partial charge in [0.15, 0.2) is 11.3 Å². The van der Waals surface area contributed by atoms with Gasteiger partial charge in [-0.15, -0.1) is 5.10 Å². The van der Waals surface area contributed by atoms with Crippen LogP contribution in [0.15, 0.2) is 41.6 Å². The highest BCUT2D eigenvalue weighted by Gasteiger charge is 2.30. The van der Waals surface area contributed by atoms with Crippen LogP contribution in [0.1, 0.15) is 25.1 Å². The van der Waals surface area contributed by atoms with Gasteiger partial charge in [-0.1, -0.05) is 17.3 Å². The molecule has 1 saturated heterocycles. The first kappa shape index (κ1) is 17.1. The van der Waals surface area contributed by atoms with Crippen LogP contribution in [0.3, 0.4) is 0 Å². The standard InChI is InChI=1S/C19H20N6O3/c1-12-14(7-8-28-12)25-16-6-4-3-5-15(16)23-11-20-18(17(23)19(25)26)24-9-13(10-27-2)21-22-24/h3-6,9,11-12,14H,7-8,10H2,1-2H3. The Hall–Kier alpha value is -3.04. The minimum Gasteiger partial charge on any atom is -0.378 e. The highest BCUT2D eigenvalue weighted by Crippen LogP contribution is 2.29. The lowest BCUT2D eigenvalue weighted by Gasteiger charge is -2.20. The van der Waals surface area contributed by atoms with E-state index in [1.165, 1.54) is 4.68 Å². The van der Waals surface area contributed by atoms with Gasteiger partial charge >= 0.3 is 0 Å². The van der Waals surface area contributed by atoms with Crippen LogP contribution in [-0.2, 0) is 16.1 Å². The van der Waals surface area contributed by atoms with E-state index in [9.17, 15) is 4.79 Å². The van der Waals surface area contributed by atoms with Crippen molar-refractivity contribution in [1.82, 2.24) is 28.9 Å². The van der Waals surface area contributed by atoms with Gasteiger partial charge in [0.25, 0.3) is 5.56 Å². The second kappa shape index (κ2) is 6.54. The number of rotatable bonds is 4. The summed E-state index contributed by atoms with van der Waals surface area (Å²) in [6, 6.07) is 7.83. The van der Waals surface area contributed by atoms with E-state index >= 15 is 0 Å². The molecule has 28 heavy (non-hydrogen) atoms. The summed E-state index contributed by atoms with van der Waals surface area (Å²) in [6.07, 6.45) is 4.15. The summed E-state index contributed by atoms with van der Waals surface area (Å²) in [4.78, 5) is 18.1. The number of aromatic nitrogens is 6. The van der Waals surface area contributed by atoms with Crippen LogP contribution in [-0.4, -0.2) is 48.8 Å². The van der Waals surface area contributed by atoms with Crippen molar-refractivity contribution in [3.05, 3.63) is 52.8 Å². The second-order valence-electron chi connectivity index (χ2n) is 6.97. The maximum absolute atomic E-state index is 13.6. The fraction of sp³-hybridized carbons (Fsp3) is 0.368. The van der Waals surface area contributed by atoms with E-state index in [1.54, 1.807) is 19.6 Å². The molecule has 4 heterocycles. The van der Waals surface area contributed by atoms with Crippen molar-refractivity contribution in [2.45, 2.75) is 32.1 Å². The molecular formula is C19H20N6O3. The van der Waals surface area contributed by atoms with Crippen LogP contribution in [0.2, 0.25) is 0 Å². The number of methoxy groups -OCH3 is 1. The lowest BCUT2D eigenvalue weighted by molar-refractivity contribution is 0.108. The summed E-state index contributed by atoms with van der Waals surface area (Å²) in [6.45, 7) is 3.00. The van der Waals surface area contributed by atoms with Crippen molar-refractivity contribution in [2.24, 2.45) is 0 Å². The molecule has 144 valence electrons. The van der Waals surface area contributed by atoms with Gasteiger partial charge in [-0.05, 0) is 25.5 Å². The Bertz CT molecular complexity index is 1220. The lowest BCUT2D eigenvalue weighted by Crippen LogP contribution is -2.30. The molecule has 0 saturated carbocycles. The molecule has 0 bridgehead atoms. The third-order valence-electron chi connectivity index (χ3n) is 5.29.